The van der Waals surface area contributed by atoms with Crippen LogP contribution in [0.3, 0.4) is 0 Å². The number of hydrogen-bond donors (Lipinski definition) is 5. The molecule has 0 spiro atoms. The summed E-state index contributed by atoms with van der Waals surface area (Å²) in [7, 11) is 0. The Morgan fingerprint density at radius 2 is 1.95 bits per heavy atom. The van der Waals surface area contributed by atoms with Crippen molar-refractivity contribution >= 4 is 29.1 Å². The van der Waals surface area contributed by atoms with Gasteiger partial charge < -0.3 is 26.6 Å². The van der Waals surface area contributed by atoms with E-state index in [1.165, 1.54) is 23.0 Å². The second-order valence-electron chi connectivity index (χ2n) is 9.91. The van der Waals surface area contributed by atoms with Crippen LogP contribution in [0, 0.1) is 0 Å². The van der Waals surface area contributed by atoms with E-state index in [1.807, 2.05) is 12.0 Å². The molecule has 3 amide bonds. The highest BCUT2D eigenvalue weighted by Crippen LogP contribution is 2.36. The first-order chi connectivity index (χ1) is 20.2. The number of aromatic amines is 1. The molecule has 42 heavy (non-hydrogen) atoms. The zero-order chi connectivity index (χ0) is 29.9. The molecule has 1 atom stereocenters. The summed E-state index contributed by atoms with van der Waals surface area (Å²) in [5.74, 6) is -0.0199. The number of hydrogen-bond acceptors (Lipinski definition) is 7. The van der Waals surface area contributed by atoms with Gasteiger partial charge in [-0.3, -0.25) is 14.3 Å². The van der Waals surface area contributed by atoms with E-state index in [0.29, 0.717) is 42.1 Å². The second-order valence-corrected chi connectivity index (χ2v) is 9.91. The number of likely N-dealkylation sites (tertiary alicyclic amines) is 1. The zero-order valence-electron chi connectivity index (χ0n) is 22.8. The van der Waals surface area contributed by atoms with Gasteiger partial charge in [0.1, 0.15) is 5.69 Å². The number of carbonyl (C=O) groups excluding carboxylic acids is 2. The molecule has 1 aliphatic rings. The molecule has 5 rings (SSSR count). The normalized spacial score (nSPS) is 14.3. The smallest absolute Gasteiger partial charge is 0.338 e. The summed E-state index contributed by atoms with van der Waals surface area (Å²) in [5.41, 5.74) is 7.32. The van der Waals surface area contributed by atoms with E-state index in [2.05, 4.69) is 31.0 Å². The number of carbonyl (C=O) groups is 2. The van der Waals surface area contributed by atoms with E-state index < -0.39 is 18.0 Å². The Hall–Kier alpha value is -4.66. The van der Waals surface area contributed by atoms with Crippen LogP contribution in [0.5, 0.6) is 0 Å². The van der Waals surface area contributed by atoms with Crippen molar-refractivity contribution in [2.75, 3.05) is 25.0 Å². The van der Waals surface area contributed by atoms with E-state index in [0.717, 1.165) is 37.7 Å². The number of halogens is 3. The van der Waals surface area contributed by atoms with Crippen molar-refractivity contribution in [2.24, 2.45) is 5.73 Å². The van der Waals surface area contributed by atoms with Crippen LogP contribution < -0.4 is 21.7 Å². The first-order valence-corrected chi connectivity index (χ1v) is 13.6. The molecular weight excluding hydrogens is 553 g/mol. The van der Waals surface area contributed by atoms with Crippen molar-refractivity contribution in [3.8, 4) is 11.3 Å². The van der Waals surface area contributed by atoms with Gasteiger partial charge in [-0.15, -0.1) is 0 Å². The van der Waals surface area contributed by atoms with Crippen LogP contribution in [0.2, 0.25) is 0 Å². The molecule has 222 valence electrons. The van der Waals surface area contributed by atoms with Crippen molar-refractivity contribution in [2.45, 2.75) is 44.9 Å². The van der Waals surface area contributed by atoms with Crippen molar-refractivity contribution in [3.63, 3.8) is 0 Å². The number of imidazole rings is 1. The van der Waals surface area contributed by atoms with Gasteiger partial charge >= 0.3 is 12.2 Å². The van der Waals surface area contributed by atoms with E-state index in [-0.39, 0.29) is 23.2 Å². The van der Waals surface area contributed by atoms with Gasteiger partial charge in [-0.25, -0.2) is 14.8 Å². The Balaban J connectivity index is 1.26. The standard InChI is InChI=1S/C27H31F3N10O2/c1-2-16-13-17(5-6-18(16)25(41)37-21(31)7-8-33-26(42)39-10-3-4-11-39)36-23-24-34-15-20(40(24)12-9-32-23)19-14-35-38-22(19)27(28,29)30/h5-6,9,12-15,21H,2-4,7-8,10-11,31H2,1H3,(H,32,36)(H,33,42)(H,35,38)(H,37,41)/t21-/m1/s1. The molecule has 0 aliphatic carbocycles. The van der Waals surface area contributed by atoms with Crippen LogP contribution >= 0.6 is 0 Å². The molecule has 0 radical (unpaired) electrons. The van der Waals surface area contributed by atoms with E-state index in [9.17, 15) is 22.8 Å². The molecule has 1 fully saturated rings. The van der Waals surface area contributed by atoms with Crippen LogP contribution in [-0.4, -0.2) is 67.2 Å². The predicted molar refractivity (Wildman–Crippen MR) is 149 cm³/mol. The number of nitrogens with one attached hydrogen (secondary N) is 4. The number of H-pyrrole nitrogens is 1. The van der Waals surface area contributed by atoms with Crippen LogP contribution in [0.15, 0.2) is 43.0 Å². The highest BCUT2D eigenvalue weighted by molar-refractivity contribution is 5.96. The maximum absolute atomic E-state index is 13.4. The maximum Gasteiger partial charge on any atom is 0.433 e. The van der Waals surface area contributed by atoms with Gasteiger partial charge in [0.15, 0.2) is 11.5 Å². The Bertz CT molecular complexity index is 1580. The third kappa shape index (κ3) is 6.15. The average Bonchev–Trinajstić information content (AvgIpc) is 3.73. The van der Waals surface area contributed by atoms with Gasteiger partial charge in [0.2, 0.25) is 0 Å². The van der Waals surface area contributed by atoms with Gasteiger partial charge in [0.25, 0.3) is 5.91 Å². The van der Waals surface area contributed by atoms with E-state index in [1.54, 1.807) is 23.1 Å². The van der Waals surface area contributed by atoms with Crippen molar-refractivity contribution in [3.05, 3.63) is 59.8 Å². The predicted octanol–water partition coefficient (Wildman–Crippen LogP) is 3.65. The molecule has 15 heteroatoms. The van der Waals surface area contributed by atoms with E-state index in [4.69, 9.17) is 5.73 Å². The number of aryl methyl sites for hydroxylation is 1. The Morgan fingerprint density at radius 1 is 1.17 bits per heavy atom. The first kappa shape index (κ1) is 28.9. The summed E-state index contributed by atoms with van der Waals surface area (Å²) in [4.78, 5) is 35.5. The fourth-order valence-corrected chi connectivity index (χ4v) is 4.91. The van der Waals surface area contributed by atoms with Crippen molar-refractivity contribution in [1.82, 2.24) is 40.1 Å². The highest BCUT2D eigenvalue weighted by Gasteiger charge is 2.36. The topological polar surface area (TPSA) is 158 Å². The number of aromatic nitrogens is 5. The number of nitrogens with two attached hydrogens (primary N) is 1. The van der Waals surface area contributed by atoms with Gasteiger partial charge in [0, 0.05) is 43.3 Å². The highest BCUT2D eigenvalue weighted by atomic mass is 19.4. The molecule has 1 saturated heterocycles. The lowest BCUT2D eigenvalue weighted by atomic mass is 10.0. The number of benzene rings is 1. The maximum atomic E-state index is 13.4. The minimum absolute atomic E-state index is 0.119. The monoisotopic (exact) mass is 584 g/mol. The molecular formula is C27H31F3N10O2. The molecule has 4 aromatic rings. The molecule has 0 bridgehead atoms. The summed E-state index contributed by atoms with van der Waals surface area (Å²) in [6.07, 6.45) is 3.07. The van der Waals surface area contributed by atoms with E-state index >= 15 is 0 Å². The van der Waals surface area contributed by atoms with Crippen LogP contribution in [0.4, 0.5) is 29.5 Å². The Labute approximate surface area is 238 Å². The Kier molecular flexibility index (Phi) is 8.29. The molecule has 12 nitrogen and oxygen atoms in total. The molecule has 4 heterocycles. The third-order valence-electron chi connectivity index (χ3n) is 7.06. The number of fused-ring (bicyclic) bond motifs is 1. The zero-order valence-corrected chi connectivity index (χ0v) is 22.8. The minimum Gasteiger partial charge on any atom is -0.338 e. The lowest BCUT2D eigenvalue weighted by Crippen LogP contribution is -2.45. The summed E-state index contributed by atoms with van der Waals surface area (Å²) in [6.45, 7) is 3.75. The SMILES string of the molecule is CCc1cc(Nc2nccn3c(-c4cn[nH]c4C(F)(F)F)cnc23)ccc1C(=O)N[C@@H](N)CCNC(=O)N1CCCC1. The van der Waals surface area contributed by atoms with Crippen molar-refractivity contribution < 1.29 is 22.8 Å². The summed E-state index contributed by atoms with van der Waals surface area (Å²) >= 11 is 0. The third-order valence-corrected chi connectivity index (χ3v) is 7.06. The quantitative estimate of drug-likeness (QED) is 0.188. The molecule has 0 saturated carbocycles. The van der Waals surface area contributed by atoms with Crippen LogP contribution in [-0.2, 0) is 12.6 Å². The summed E-state index contributed by atoms with van der Waals surface area (Å²) < 4.78 is 41.8. The molecule has 1 aromatic carbocycles. The number of rotatable bonds is 9. The second kappa shape index (κ2) is 12.1. The lowest BCUT2D eigenvalue weighted by molar-refractivity contribution is -0.140. The van der Waals surface area contributed by atoms with Gasteiger partial charge in [-0.05, 0) is 49.4 Å². The Morgan fingerprint density at radius 3 is 2.69 bits per heavy atom. The fourth-order valence-electron chi connectivity index (χ4n) is 4.91. The van der Waals surface area contributed by atoms with Gasteiger partial charge in [-0.1, -0.05) is 6.92 Å². The first-order valence-electron chi connectivity index (χ1n) is 13.6. The molecule has 6 N–H and O–H groups in total. The van der Waals surface area contributed by atoms with Gasteiger partial charge in [0.05, 0.1) is 29.8 Å². The van der Waals surface area contributed by atoms with Gasteiger partial charge in [-0.2, -0.15) is 18.3 Å². The molecule has 1 aliphatic heterocycles. The fraction of sp³-hybridized carbons (Fsp3) is 0.370. The summed E-state index contributed by atoms with van der Waals surface area (Å²) in [6, 6.07) is 5.04. The van der Waals surface area contributed by atoms with Crippen LogP contribution in [0.1, 0.15) is 47.8 Å². The summed E-state index contributed by atoms with van der Waals surface area (Å²) in [5, 5.41) is 14.3. The minimum atomic E-state index is -4.61. The van der Waals surface area contributed by atoms with Crippen molar-refractivity contribution in [1.29, 1.82) is 0 Å². The molecule has 3 aromatic heterocycles. The number of urea groups is 1. The average molecular weight is 585 g/mol. The number of amides is 3. The number of alkyl halides is 3. The lowest BCUT2D eigenvalue weighted by Gasteiger charge is -2.19. The van der Waals surface area contributed by atoms with Crippen LogP contribution in [0.25, 0.3) is 16.9 Å². The number of nitrogens with zero attached hydrogens (tertiary/aromatic N) is 5. The number of anilines is 2. The molecule has 0 unspecified atom stereocenters. The largest absolute Gasteiger partial charge is 0.433 e.